The molecule has 0 aromatic heterocycles. The van der Waals surface area contributed by atoms with Crippen LogP contribution in [0.5, 0.6) is 0 Å². The number of halogens is 2. The third kappa shape index (κ3) is 5.21. The largest absolute Gasteiger partial charge is 0.446 e. The van der Waals surface area contributed by atoms with E-state index in [0.717, 1.165) is 25.7 Å². The first-order valence-corrected chi connectivity index (χ1v) is 11.1. The summed E-state index contributed by atoms with van der Waals surface area (Å²) in [6.45, 7) is -0.102. The van der Waals surface area contributed by atoms with E-state index in [0.29, 0.717) is 10.7 Å². The number of anilines is 1. The van der Waals surface area contributed by atoms with Gasteiger partial charge in [-0.15, -0.1) is 0 Å². The lowest BCUT2D eigenvalue weighted by Crippen LogP contribution is -2.45. The topological polar surface area (TPSA) is 67.9 Å². The third-order valence-corrected chi connectivity index (χ3v) is 6.30. The van der Waals surface area contributed by atoms with E-state index in [1.807, 2.05) is 6.08 Å². The molecule has 31 heavy (non-hydrogen) atoms. The van der Waals surface area contributed by atoms with E-state index < -0.39 is 24.3 Å². The fraction of sp³-hybridized carbons (Fsp3) is 0.478. The predicted octanol–water partition coefficient (Wildman–Crippen LogP) is 5.52. The molecule has 1 aromatic carbocycles. The molecule has 1 saturated carbocycles. The van der Waals surface area contributed by atoms with Crippen LogP contribution in [0.25, 0.3) is 0 Å². The highest BCUT2D eigenvalue weighted by atomic mass is 35.5. The molecular weight excluding hydrogens is 423 g/mol. The number of cyclic esters (lactones) is 1. The van der Waals surface area contributed by atoms with Crippen LogP contribution in [0.2, 0.25) is 5.02 Å². The highest BCUT2D eigenvalue weighted by Crippen LogP contribution is 2.36. The summed E-state index contributed by atoms with van der Waals surface area (Å²) in [6, 6.07) is 6.39. The number of nitrogens with one attached hydrogen (secondary N) is 1. The summed E-state index contributed by atoms with van der Waals surface area (Å²) in [7, 11) is 0. The summed E-state index contributed by atoms with van der Waals surface area (Å²) in [5.41, 5.74) is 0.594. The van der Waals surface area contributed by atoms with Crippen molar-refractivity contribution in [2.45, 2.75) is 56.7 Å². The number of carbonyl (C=O) groups excluding carboxylic acids is 2. The van der Waals surface area contributed by atoms with E-state index >= 15 is 0 Å². The van der Waals surface area contributed by atoms with Gasteiger partial charge in [0.25, 0.3) is 0 Å². The van der Waals surface area contributed by atoms with Crippen LogP contribution in [0.4, 0.5) is 19.7 Å². The molecule has 4 rings (SSSR count). The zero-order valence-electron chi connectivity index (χ0n) is 17.1. The summed E-state index contributed by atoms with van der Waals surface area (Å²) >= 11 is 5.98. The second kappa shape index (κ2) is 9.73. The quantitative estimate of drug-likeness (QED) is 0.643. The molecule has 3 aliphatic rings. The predicted molar refractivity (Wildman–Crippen MR) is 116 cm³/mol. The van der Waals surface area contributed by atoms with Gasteiger partial charge >= 0.3 is 12.2 Å². The maximum absolute atomic E-state index is 14.0. The SMILES string of the molecule is O=C(NC1CCCCC1)OC[C@@H]1OC(=O)N(c2ccc(Cl)cc2)[C@H]1C1C=CC=C(F)C1. The van der Waals surface area contributed by atoms with Gasteiger partial charge in [-0.05, 0) is 43.2 Å². The highest BCUT2D eigenvalue weighted by molar-refractivity contribution is 6.30. The maximum atomic E-state index is 14.0. The van der Waals surface area contributed by atoms with Crippen LogP contribution in [0, 0.1) is 5.92 Å². The summed E-state index contributed by atoms with van der Waals surface area (Å²) in [5.74, 6) is -0.584. The molecule has 2 fully saturated rings. The Balaban J connectivity index is 1.48. The van der Waals surface area contributed by atoms with Crippen molar-refractivity contribution in [3.63, 3.8) is 0 Å². The summed E-state index contributed by atoms with van der Waals surface area (Å²) < 4.78 is 25.0. The van der Waals surface area contributed by atoms with Crippen LogP contribution in [0.3, 0.4) is 0 Å². The van der Waals surface area contributed by atoms with Crippen molar-refractivity contribution >= 4 is 29.5 Å². The summed E-state index contributed by atoms with van der Waals surface area (Å²) in [5, 5.41) is 3.43. The van der Waals surface area contributed by atoms with Crippen molar-refractivity contribution in [1.82, 2.24) is 5.32 Å². The fourth-order valence-corrected chi connectivity index (χ4v) is 4.66. The van der Waals surface area contributed by atoms with E-state index in [4.69, 9.17) is 21.1 Å². The molecule has 8 heteroatoms. The van der Waals surface area contributed by atoms with Crippen LogP contribution in [-0.4, -0.2) is 37.0 Å². The molecule has 0 spiro atoms. The minimum Gasteiger partial charge on any atom is -0.446 e. The van der Waals surface area contributed by atoms with Crippen molar-refractivity contribution < 1.29 is 23.5 Å². The first kappa shape index (κ1) is 21.7. The molecule has 6 nitrogen and oxygen atoms in total. The van der Waals surface area contributed by atoms with Crippen molar-refractivity contribution in [3.05, 3.63) is 53.3 Å². The minimum atomic E-state index is -0.721. The number of nitrogens with zero attached hydrogens (tertiary/aromatic N) is 1. The van der Waals surface area contributed by atoms with Gasteiger partial charge in [-0.1, -0.05) is 43.0 Å². The number of rotatable bonds is 5. The van der Waals surface area contributed by atoms with Crippen LogP contribution in [0.15, 0.2) is 48.3 Å². The van der Waals surface area contributed by atoms with E-state index in [2.05, 4.69) is 5.32 Å². The molecule has 0 bridgehead atoms. The highest BCUT2D eigenvalue weighted by Gasteiger charge is 2.47. The van der Waals surface area contributed by atoms with Crippen LogP contribution >= 0.6 is 11.6 Å². The lowest BCUT2D eigenvalue weighted by Gasteiger charge is -2.31. The monoisotopic (exact) mass is 448 g/mol. The van der Waals surface area contributed by atoms with E-state index in [1.54, 1.807) is 30.3 Å². The van der Waals surface area contributed by atoms with E-state index in [9.17, 15) is 14.0 Å². The van der Waals surface area contributed by atoms with Gasteiger partial charge in [0.15, 0.2) is 6.10 Å². The average molecular weight is 449 g/mol. The molecule has 1 aromatic rings. The van der Waals surface area contributed by atoms with Gasteiger partial charge < -0.3 is 14.8 Å². The van der Waals surface area contributed by atoms with Gasteiger partial charge in [0, 0.05) is 29.1 Å². The number of allylic oxidation sites excluding steroid dienone is 3. The van der Waals surface area contributed by atoms with Gasteiger partial charge in [0.05, 0.1) is 6.04 Å². The number of benzene rings is 1. The molecule has 1 saturated heterocycles. The molecule has 1 aliphatic heterocycles. The number of amides is 2. The standard InChI is InChI=1S/C23H26ClFN2O4/c24-16-9-11-19(12-10-16)27-21(15-5-4-6-17(25)13-15)20(31-23(27)29)14-30-22(28)26-18-7-2-1-3-8-18/h4-6,9-12,15,18,20-21H,1-3,7-8,13-14H2,(H,26,28)/t15?,20-,21-/m0/s1. The summed E-state index contributed by atoms with van der Waals surface area (Å²) in [4.78, 5) is 26.5. The molecule has 0 radical (unpaired) electrons. The average Bonchev–Trinajstić information content (AvgIpc) is 3.10. The molecule has 166 valence electrons. The Labute approximate surface area is 186 Å². The Morgan fingerprint density at radius 3 is 2.68 bits per heavy atom. The normalized spacial score (nSPS) is 26.4. The van der Waals surface area contributed by atoms with Crippen molar-refractivity contribution in [3.8, 4) is 0 Å². The zero-order chi connectivity index (χ0) is 21.8. The van der Waals surface area contributed by atoms with Crippen molar-refractivity contribution in [2.24, 2.45) is 5.92 Å². The number of hydrogen-bond donors (Lipinski definition) is 1. The number of carbonyl (C=O) groups is 2. The van der Waals surface area contributed by atoms with Crippen molar-refractivity contribution in [2.75, 3.05) is 11.5 Å². The molecule has 1 N–H and O–H groups in total. The van der Waals surface area contributed by atoms with Gasteiger partial charge in [-0.2, -0.15) is 0 Å². The van der Waals surface area contributed by atoms with Gasteiger partial charge in [0.2, 0.25) is 0 Å². The maximum Gasteiger partial charge on any atom is 0.415 e. The van der Waals surface area contributed by atoms with Gasteiger partial charge in [0.1, 0.15) is 12.4 Å². The molecule has 2 aliphatic carbocycles. The van der Waals surface area contributed by atoms with E-state index in [-0.39, 0.29) is 30.8 Å². The first-order chi connectivity index (χ1) is 15.0. The van der Waals surface area contributed by atoms with Gasteiger partial charge in [-0.3, -0.25) is 4.90 Å². The van der Waals surface area contributed by atoms with Crippen LogP contribution < -0.4 is 10.2 Å². The molecule has 2 amide bonds. The minimum absolute atomic E-state index is 0.102. The Morgan fingerprint density at radius 2 is 1.97 bits per heavy atom. The molecule has 1 unspecified atom stereocenters. The molecule has 3 atom stereocenters. The van der Waals surface area contributed by atoms with E-state index in [1.165, 1.54) is 17.4 Å². The second-order valence-electron chi connectivity index (χ2n) is 8.20. The summed E-state index contributed by atoms with van der Waals surface area (Å²) in [6.07, 6.45) is 8.51. The van der Waals surface area contributed by atoms with Gasteiger partial charge in [-0.25, -0.2) is 14.0 Å². The first-order valence-electron chi connectivity index (χ1n) is 10.7. The fourth-order valence-electron chi connectivity index (χ4n) is 4.53. The number of ether oxygens (including phenoxy) is 2. The second-order valence-corrected chi connectivity index (χ2v) is 8.64. The van der Waals surface area contributed by atoms with Crippen LogP contribution in [0.1, 0.15) is 38.5 Å². The van der Waals surface area contributed by atoms with Crippen molar-refractivity contribution in [1.29, 1.82) is 0 Å². The smallest absolute Gasteiger partial charge is 0.415 e. The Bertz CT molecular complexity index is 867. The number of alkyl carbamates (subject to hydrolysis) is 1. The zero-order valence-corrected chi connectivity index (χ0v) is 17.9. The Hall–Kier alpha value is -2.54. The number of hydrogen-bond acceptors (Lipinski definition) is 4. The third-order valence-electron chi connectivity index (χ3n) is 6.04. The Morgan fingerprint density at radius 1 is 1.23 bits per heavy atom. The van der Waals surface area contributed by atoms with Crippen LogP contribution in [-0.2, 0) is 9.47 Å². The lowest BCUT2D eigenvalue weighted by atomic mass is 9.88. The Kier molecular flexibility index (Phi) is 6.80. The molecular formula is C23H26ClFN2O4. The lowest BCUT2D eigenvalue weighted by molar-refractivity contribution is 0.0557. The molecule has 1 heterocycles.